The van der Waals surface area contributed by atoms with Gasteiger partial charge in [-0.15, -0.1) is 11.3 Å². The van der Waals surface area contributed by atoms with E-state index in [9.17, 15) is 0 Å². The third-order valence-electron chi connectivity index (χ3n) is 1.25. The Bertz CT molecular complexity index is 234. The van der Waals surface area contributed by atoms with Crippen LogP contribution in [0.25, 0.3) is 0 Å². The zero-order valence-corrected chi connectivity index (χ0v) is 8.03. The molecule has 0 aliphatic rings. The summed E-state index contributed by atoms with van der Waals surface area (Å²) < 4.78 is 0. The minimum Gasteiger partial charge on any atom is -0.389 e. The van der Waals surface area contributed by atoms with Gasteiger partial charge in [0.2, 0.25) is 0 Å². The second-order valence-electron chi connectivity index (χ2n) is 3.89. The Kier molecular flexibility index (Phi) is 2.18. The fourth-order valence-corrected chi connectivity index (χ4v) is 1.85. The molecule has 0 saturated heterocycles. The second kappa shape index (κ2) is 2.81. The van der Waals surface area contributed by atoms with E-state index in [0.717, 1.165) is 16.4 Å². The summed E-state index contributed by atoms with van der Waals surface area (Å²) in [4.78, 5) is 4.19. The normalized spacial score (nSPS) is 11.9. The Morgan fingerprint density at radius 1 is 1.55 bits per heavy atom. The zero-order chi connectivity index (χ0) is 8.48. The summed E-state index contributed by atoms with van der Waals surface area (Å²) in [6.45, 7) is 6.60. The van der Waals surface area contributed by atoms with E-state index in [1.165, 1.54) is 0 Å². The van der Waals surface area contributed by atoms with E-state index in [0.29, 0.717) is 5.41 Å². The van der Waals surface area contributed by atoms with E-state index in [1.807, 2.05) is 0 Å². The van der Waals surface area contributed by atoms with Gasteiger partial charge in [0, 0.05) is 6.42 Å². The van der Waals surface area contributed by atoms with Crippen molar-refractivity contribution in [1.29, 1.82) is 0 Å². The number of rotatable bonds is 1. The molecule has 0 saturated carbocycles. The van der Waals surface area contributed by atoms with Crippen molar-refractivity contribution in [3.63, 3.8) is 0 Å². The van der Waals surface area contributed by atoms with E-state index in [1.54, 1.807) is 17.5 Å². The van der Waals surface area contributed by atoms with Gasteiger partial charge in [0.25, 0.3) is 0 Å². The second-order valence-corrected chi connectivity index (χ2v) is 5.04. The van der Waals surface area contributed by atoms with Crippen molar-refractivity contribution >= 4 is 16.3 Å². The number of aromatic nitrogens is 1. The molecule has 0 aliphatic heterocycles. The van der Waals surface area contributed by atoms with Crippen LogP contribution in [-0.2, 0) is 6.42 Å². The van der Waals surface area contributed by atoms with E-state index in [4.69, 9.17) is 5.73 Å². The van der Waals surface area contributed by atoms with Crippen molar-refractivity contribution in [3.05, 3.63) is 11.2 Å². The highest BCUT2D eigenvalue weighted by Crippen LogP contribution is 2.24. The Labute approximate surface area is 71.5 Å². The number of anilines is 1. The number of nitrogens with two attached hydrogens (primary N) is 1. The summed E-state index contributed by atoms with van der Waals surface area (Å²) in [5.74, 6) is 0. The standard InChI is InChI=1S/C8H14N2S/c1-8(2,3)4-7-10-5-6(9)11-7/h5H,4,9H2,1-3H3. The average molecular weight is 170 g/mol. The molecule has 62 valence electrons. The van der Waals surface area contributed by atoms with Gasteiger partial charge in [-0.05, 0) is 5.41 Å². The van der Waals surface area contributed by atoms with Crippen LogP contribution in [0.3, 0.4) is 0 Å². The van der Waals surface area contributed by atoms with Gasteiger partial charge >= 0.3 is 0 Å². The lowest BCUT2D eigenvalue weighted by molar-refractivity contribution is 0.410. The van der Waals surface area contributed by atoms with Crippen molar-refractivity contribution < 1.29 is 0 Å². The Morgan fingerprint density at radius 3 is 2.55 bits per heavy atom. The molecule has 0 unspecified atom stereocenters. The van der Waals surface area contributed by atoms with Crippen molar-refractivity contribution in [3.8, 4) is 0 Å². The summed E-state index contributed by atoms with van der Waals surface area (Å²) in [6, 6.07) is 0. The fraction of sp³-hybridized carbons (Fsp3) is 0.625. The van der Waals surface area contributed by atoms with Crippen LogP contribution in [0.1, 0.15) is 25.8 Å². The van der Waals surface area contributed by atoms with Crippen molar-refractivity contribution in [2.45, 2.75) is 27.2 Å². The van der Waals surface area contributed by atoms with Gasteiger partial charge in [0.05, 0.1) is 11.2 Å². The molecule has 1 heterocycles. The van der Waals surface area contributed by atoms with E-state index < -0.39 is 0 Å². The van der Waals surface area contributed by atoms with Gasteiger partial charge < -0.3 is 5.73 Å². The maximum atomic E-state index is 5.55. The average Bonchev–Trinajstić information content (AvgIpc) is 2.10. The maximum Gasteiger partial charge on any atom is 0.106 e. The highest BCUT2D eigenvalue weighted by Gasteiger charge is 2.13. The SMILES string of the molecule is CC(C)(C)Cc1ncc(N)s1. The first-order valence-electron chi connectivity index (χ1n) is 3.67. The Hall–Kier alpha value is -0.570. The highest BCUT2D eigenvalue weighted by molar-refractivity contribution is 7.15. The van der Waals surface area contributed by atoms with Crippen LogP contribution < -0.4 is 5.73 Å². The van der Waals surface area contributed by atoms with Crippen LogP contribution in [0.5, 0.6) is 0 Å². The number of nitrogen functional groups attached to an aromatic ring is 1. The molecule has 0 radical (unpaired) electrons. The van der Waals surface area contributed by atoms with Crippen LogP contribution in [0.2, 0.25) is 0 Å². The molecule has 2 N–H and O–H groups in total. The molecule has 1 aromatic rings. The molecule has 3 heteroatoms. The van der Waals surface area contributed by atoms with E-state index >= 15 is 0 Å². The summed E-state index contributed by atoms with van der Waals surface area (Å²) in [7, 11) is 0. The molecule has 0 fully saturated rings. The molecule has 0 atom stereocenters. The summed E-state index contributed by atoms with van der Waals surface area (Å²) in [6.07, 6.45) is 2.74. The Balaban J connectivity index is 2.65. The first-order valence-corrected chi connectivity index (χ1v) is 4.49. The Morgan fingerprint density at radius 2 is 2.18 bits per heavy atom. The summed E-state index contributed by atoms with van der Waals surface area (Å²) in [5, 5.41) is 1.94. The van der Waals surface area contributed by atoms with Gasteiger partial charge in [-0.3, -0.25) is 0 Å². The van der Waals surface area contributed by atoms with Crippen molar-refractivity contribution in [1.82, 2.24) is 4.98 Å². The lowest BCUT2D eigenvalue weighted by atomic mass is 9.93. The highest BCUT2D eigenvalue weighted by atomic mass is 32.1. The molecule has 0 bridgehead atoms. The monoisotopic (exact) mass is 170 g/mol. The quantitative estimate of drug-likeness (QED) is 0.702. The number of hydrogen-bond acceptors (Lipinski definition) is 3. The van der Waals surface area contributed by atoms with Crippen LogP contribution in [0, 0.1) is 5.41 Å². The molecule has 0 amide bonds. The summed E-state index contributed by atoms with van der Waals surface area (Å²) >= 11 is 1.58. The topological polar surface area (TPSA) is 38.9 Å². The molecular formula is C8H14N2S. The minimum absolute atomic E-state index is 0.310. The van der Waals surface area contributed by atoms with Gasteiger partial charge in [0.1, 0.15) is 5.00 Å². The number of hydrogen-bond donors (Lipinski definition) is 1. The van der Waals surface area contributed by atoms with Gasteiger partial charge in [-0.25, -0.2) is 4.98 Å². The van der Waals surface area contributed by atoms with Crippen LogP contribution in [0.15, 0.2) is 6.20 Å². The lowest BCUT2D eigenvalue weighted by Gasteiger charge is -2.15. The third-order valence-corrected chi connectivity index (χ3v) is 2.08. The van der Waals surface area contributed by atoms with Gasteiger partial charge in [-0.1, -0.05) is 20.8 Å². The smallest absolute Gasteiger partial charge is 0.106 e. The predicted octanol–water partition coefficient (Wildman–Crippen LogP) is 2.31. The molecule has 0 aliphatic carbocycles. The van der Waals surface area contributed by atoms with Crippen molar-refractivity contribution in [2.24, 2.45) is 5.41 Å². The molecule has 2 nitrogen and oxygen atoms in total. The van der Waals surface area contributed by atoms with E-state index in [-0.39, 0.29) is 0 Å². The van der Waals surface area contributed by atoms with Crippen molar-refractivity contribution in [2.75, 3.05) is 5.73 Å². The molecule has 1 rings (SSSR count). The molecule has 0 aromatic carbocycles. The van der Waals surface area contributed by atoms with E-state index in [2.05, 4.69) is 25.8 Å². The number of thiazole rings is 1. The molecule has 1 aromatic heterocycles. The fourth-order valence-electron chi connectivity index (χ4n) is 0.860. The molecule has 11 heavy (non-hydrogen) atoms. The van der Waals surface area contributed by atoms with Crippen LogP contribution >= 0.6 is 11.3 Å². The molecule has 0 spiro atoms. The largest absolute Gasteiger partial charge is 0.389 e. The number of nitrogens with zero attached hydrogens (tertiary/aromatic N) is 1. The first-order chi connectivity index (χ1) is 4.97. The van der Waals surface area contributed by atoms with Gasteiger partial charge in [-0.2, -0.15) is 0 Å². The minimum atomic E-state index is 0.310. The maximum absolute atomic E-state index is 5.55. The summed E-state index contributed by atoms with van der Waals surface area (Å²) in [5.41, 5.74) is 5.86. The molecular weight excluding hydrogens is 156 g/mol. The van der Waals surface area contributed by atoms with Crippen LogP contribution in [0.4, 0.5) is 5.00 Å². The lowest BCUT2D eigenvalue weighted by Crippen LogP contribution is -2.08. The third kappa shape index (κ3) is 2.89. The zero-order valence-electron chi connectivity index (χ0n) is 7.22. The van der Waals surface area contributed by atoms with Crippen LogP contribution in [-0.4, -0.2) is 4.98 Å². The van der Waals surface area contributed by atoms with Gasteiger partial charge in [0.15, 0.2) is 0 Å². The first kappa shape index (κ1) is 8.53. The predicted molar refractivity (Wildman–Crippen MR) is 49.7 cm³/mol.